The summed E-state index contributed by atoms with van der Waals surface area (Å²) in [5, 5.41) is 11.7. The molecule has 0 unspecified atom stereocenters. The Labute approximate surface area is 77.9 Å². The van der Waals surface area contributed by atoms with Crippen LogP contribution in [0, 0.1) is 0 Å². The average molecular weight is 206 g/mol. The maximum absolute atomic E-state index is 12.3. The van der Waals surface area contributed by atoms with Gasteiger partial charge >= 0.3 is 6.16 Å². The van der Waals surface area contributed by atoms with E-state index in [1.807, 2.05) is 0 Å². The Morgan fingerprint density at radius 2 is 2.43 bits per heavy atom. The van der Waals surface area contributed by atoms with Crippen molar-refractivity contribution >= 4 is 6.16 Å². The van der Waals surface area contributed by atoms with Gasteiger partial charge in [-0.3, -0.25) is 4.68 Å². The monoisotopic (exact) mass is 206 g/mol. The Morgan fingerprint density at radius 1 is 1.79 bits per heavy atom. The molecule has 0 aliphatic heterocycles. The zero-order valence-corrected chi connectivity index (χ0v) is 7.28. The SMILES string of the molecule is CCn1cc(OC(=O)O)c(C(F)F)n1. The van der Waals surface area contributed by atoms with Crippen molar-refractivity contribution in [3.05, 3.63) is 11.9 Å². The van der Waals surface area contributed by atoms with E-state index in [1.54, 1.807) is 6.92 Å². The van der Waals surface area contributed by atoms with Gasteiger partial charge in [0.15, 0.2) is 11.4 Å². The van der Waals surface area contributed by atoms with Crippen molar-refractivity contribution in [3.63, 3.8) is 0 Å². The fourth-order valence-corrected chi connectivity index (χ4v) is 0.904. The number of hydrogen-bond donors (Lipinski definition) is 1. The van der Waals surface area contributed by atoms with E-state index in [0.29, 0.717) is 6.54 Å². The van der Waals surface area contributed by atoms with Gasteiger partial charge in [-0.2, -0.15) is 5.10 Å². The molecular weight excluding hydrogens is 198 g/mol. The van der Waals surface area contributed by atoms with Crippen LogP contribution < -0.4 is 4.74 Å². The number of rotatable bonds is 3. The lowest BCUT2D eigenvalue weighted by Gasteiger charge is -1.97. The Balaban J connectivity index is 2.99. The molecule has 7 heteroatoms. The zero-order valence-electron chi connectivity index (χ0n) is 7.28. The third-order valence-corrected chi connectivity index (χ3v) is 1.48. The lowest BCUT2D eigenvalue weighted by molar-refractivity contribution is 0.129. The maximum atomic E-state index is 12.3. The van der Waals surface area contributed by atoms with E-state index >= 15 is 0 Å². The highest BCUT2D eigenvalue weighted by Gasteiger charge is 2.21. The first-order valence-electron chi connectivity index (χ1n) is 3.80. The minimum atomic E-state index is -2.85. The van der Waals surface area contributed by atoms with Gasteiger partial charge in [0.2, 0.25) is 0 Å². The molecule has 0 bridgehead atoms. The molecule has 14 heavy (non-hydrogen) atoms. The molecule has 0 spiro atoms. The zero-order chi connectivity index (χ0) is 10.7. The second-order valence-electron chi connectivity index (χ2n) is 2.40. The maximum Gasteiger partial charge on any atom is 0.511 e. The van der Waals surface area contributed by atoms with E-state index in [2.05, 4.69) is 9.84 Å². The predicted molar refractivity (Wildman–Crippen MR) is 41.5 cm³/mol. The molecule has 0 aromatic carbocycles. The van der Waals surface area contributed by atoms with Crippen LogP contribution in [0.3, 0.4) is 0 Å². The van der Waals surface area contributed by atoms with Gasteiger partial charge in [-0.1, -0.05) is 0 Å². The molecule has 0 amide bonds. The summed E-state index contributed by atoms with van der Waals surface area (Å²) < 4.78 is 29.9. The fourth-order valence-electron chi connectivity index (χ4n) is 0.904. The van der Waals surface area contributed by atoms with Crippen molar-refractivity contribution in [2.24, 2.45) is 0 Å². The van der Waals surface area contributed by atoms with Crippen molar-refractivity contribution in [2.75, 3.05) is 0 Å². The quantitative estimate of drug-likeness (QED) is 0.767. The summed E-state index contributed by atoms with van der Waals surface area (Å²) in [6.07, 6.45) is -3.37. The second-order valence-corrected chi connectivity index (χ2v) is 2.40. The number of aromatic nitrogens is 2. The summed E-state index contributed by atoms with van der Waals surface area (Å²) in [6.45, 7) is 2.05. The van der Waals surface area contributed by atoms with Crippen molar-refractivity contribution in [2.45, 2.75) is 19.9 Å². The van der Waals surface area contributed by atoms with Crippen LogP contribution in [-0.4, -0.2) is 21.0 Å². The summed E-state index contributed by atoms with van der Waals surface area (Å²) >= 11 is 0. The van der Waals surface area contributed by atoms with Gasteiger partial charge < -0.3 is 9.84 Å². The van der Waals surface area contributed by atoms with E-state index < -0.39 is 24.0 Å². The Bertz CT molecular complexity index is 338. The van der Waals surface area contributed by atoms with Gasteiger partial charge in [-0.15, -0.1) is 0 Å². The molecule has 0 fully saturated rings. The van der Waals surface area contributed by atoms with Gasteiger partial charge in [-0.05, 0) is 6.92 Å². The van der Waals surface area contributed by atoms with Crippen molar-refractivity contribution in [3.8, 4) is 5.75 Å². The number of nitrogens with zero attached hydrogens (tertiary/aromatic N) is 2. The summed E-state index contributed by atoms with van der Waals surface area (Å²) in [6, 6.07) is 0. The van der Waals surface area contributed by atoms with Crippen LogP contribution in [0.5, 0.6) is 5.75 Å². The number of aryl methyl sites for hydroxylation is 1. The van der Waals surface area contributed by atoms with E-state index in [9.17, 15) is 13.6 Å². The molecule has 0 saturated carbocycles. The number of halogens is 2. The number of hydrogen-bond acceptors (Lipinski definition) is 3. The summed E-state index contributed by atoms with van der Waals surface area (Å²) in [5.74, 6) is -0.422. The van der Waals surface area contributed by atoms with Gasteiger partial charge in [0.05, 0.1) is 6.20 Å². The van der Waals surface area contributed by atoms with Crippen LogP contribution in [0.1, 0.15) is 19.0 Å². The Kier molecular flexibility index (Phi) is 3.00. The molecule has 0 atom stereocenters. The highest BCUT2D eigenvalue weighted by molar-refractivity contribution is 5.61. The van der Waals surface area contributed by atoms with Gasteiger partial charge in [-0.25, -0.2) is 13.6 Å². The predicted octanol–water partition coefficient (Wildman–Crippen LogP) is 1.90. The Morgan fingerprint density at radius 3 is 2.86 bits per heavy atom. The van der Waals surface area contributed by atoms with Crippen molar-refractivity contribution in [1.82, 2.24) is 9.78 Å². The molecule has 1 N–H and O–H groups in total. The number of carbonyl (C=O) groups is 1. The lowest BCUT2D eigenvalue weighted by atomic mass is 10.4. The van der Waals surface area contributed by atoms with Crippen molar-refractivity contribution in [1.29, 1.82) is 0 Å². The molecule has 0 saturated heterocycles. The molecule has 1 aromatic heterocycles. The smallest absolute Gasteiger partial charge is 0.449 e. The fraction of sp³-hybridized carbons (Fsp3) is 0.429. The first kappa shape index (κ1) is 10.4. The molecule has 5 nitrogen and oxygen atoms in total. The van der Waals surface area contributed by atoms with Gasteiger partial charge in [0, 0.05) is 6.54 Å². The minimum Gasteiger partial charge on any atom is -0.449 e. The van der Waals surface area contributed by atoms with Crippen LogP contribution in [0.2, 0.25) is 0 Å². The third kappa shape index (κ3) is 2.18. The second kappa shape index (κ2) is 4.03. The topological polar surface area (TPSA) is 64.3 Å². The molecule has 1 heterocycles. The molecule has 0 aliphatic carbocycles. The third-order valence-electron chi connectivity index (χ3n) is 1.48. The standard InChI is InChI=1S/C7H8F2N2O3/c1-2-11-3-4(14-7(12)13)5(10-11)6(8)9/h3,6H,2H2,1H3,(H,12,13). The molecule has 0 radical (unpaired) electrons. The first-order chi connectivity index (χ1) is 6.54. The van der Waals surface area contributed by atoms with E-state index in [1.165, 1.54) is 4.68 Å². The summed E-state index contributed by atoms with van der Waals surface area (Å²) in [4.78, 5) is 10.1. The Hall–Kier alpha value is -1.66. The van der Waals surface area contributed by atoms with Crippen LogP contribution in [0.25, 0.3) is 0 Å². The lowest BCUT2D eigenvalue weighted by Crippen LogP contribution is -2.04. The van der Waals surface area contributed by atoms with Crippen LogP contribution in [-0.2, 0) is 6.54 Å². The molecule has 78 valence electrons. The minimum absolute atomic E-state index is 0.364. The molecular formula is C7H8F2N2O3. The van der Waals surface area contributed by atoms with Crippen molar-refractivity contribution < 1.29 is 23.4 Å². The van der Waals surface area contributed by atoms with Crippen LogP contribution in [0.15, 0.2) is 6.20 Å². The van der Waals surface area contributed by atoms with Gasteiger partial charge in [0.1, 0.15) is 0 Å². The van der Waals surface area contributed by atoms with E-state index in [-0.39, 0.29) is 0 Å². The molecule has 1 aromatic rings. The highest BCUT2D eigenvalue weighted by atomic mass is 19.3. The number of carboxylic acid groups (broad SMARTS) is 1. The summed E-state index contributed by atoms with van der Waals surface area (Å²) in [7, 11) is 0. The number of ether oxygens (including phenoxy) is 1. The van der Waals surface area contributed by atoms with Gasteiger partial charge in [0.25, 0.3) is 6.43 Å². The molecule has 0 aliphatic rings. The number of alkyl halides is 2. The highest BCUT2D eigenvalue weighted by Crippen LogP contribution is 2.27. The van der Waals surface area contributed by atoms with E-state index in [4.69, 9.17) is 5.11 Å². The van der Waals surface area contributed by atoms with Crippen LogP contribution >= 0.6 is 0 Å². The summed E-state index contributed by atoms with van der Waals surface area (Å²) in [5.41, 5.74) is -0.658. The first-order valence-corrected chi connectivity index (χ1v) is 3.80. The van der Waals surface area contributed by atoms with Crippen LogP contribution in [0.4, 0.5) is 13.6 Å². The average Bonchev–Trinajstić information content (AvgIpc) is 2.46. The molecule has 1 rings (SSSR count). The van der Waals surface area contributed by atoms with E-state index in [0.717, 1.165) is 6.20 Å². The largest absolute Gasteiger partial charge is 0.511 e. The normalized spacial score (nSPS) is 10.6.